The average Bonchev–Trinajstić information content (AvgIpc) is 2.32. The summed E-state index contributed by atoms with van der Waals surface area (Å²) in [4.78, 5) is 0. The van der Waals surface area contributed by atoms with Crippen molar-refractivity contribution in [3.8, 4) is 0 Å². The summed E-state index contributed by atoms with van der Waals surface area (Å²) in [6.07, 6.45) is 2.18. The van der Waals surface area contributed by atoms with Gasteiger partial charge in [-0.05, 0) is 37.0 Å². The van der Waals surface area contributed by atoms with Crippen LogP contribution in [0.5, 0.6) is 0 Å². The van der Waals surface area contributed by atoms with Gasteiger partial charge in [0.25, 0.3) is 0 Å². The molecule has 1 heterocycles. The van der Waals surface area contributed by atoms with Crippen LogP contribution >= 0.6 is 11.6 Å². The third-order valence-corrected chi connectivity index (χ3v) is 3.55. The Balaban J connectivity index is 2.23. The van der Waals surface area contributed by atoms with Crippen LogP contribution in [-0.2, 0) is 4.74 Å². The van der Waals surface area contributed by atoms with Gasteiger partial charge in [0.05, 0.1) is 6.10 Å². The number of hydrogen-bond donors (Lipinski definition) is 0. The van der Waals surface area contributed by atoms with E-state index in [1.807, 2.05) is 6.07 Å². The lowest BCUT2D eigenvalue weighted by atomic mass is 9.90. The van der Waals surface area contributed by atoms with Gasteiger partial charge in [0.1, 0.15) is 5.82 Å². The first-order valence-corrected chi connectivity index (χ1v) is 6.19. The molecule has 2 rings (SSSR count). The molecule has 2 unspecified atom stereocenters. The highest BCUT2D eigenvalue weighted by molar-refractivity contribution is 6.18. The van der Waals surface area contributed by atoms with Crippen LogP contribution in [0.3, 0.4) is 0 Å². The number of rotatable bonds is 2. The van der Waals surface area contributed by atoms with E-state index in [0.29, 0.717) is 17.4 Å². The summed E-state index contributed by atoms with van der Waals surface area (Å²) in [6.45, 7) is 2.55. The Bertz CT molecular complexity index is 367. The Morgan fingerprint density at radius 1 is 1.50 bits per heavy atom. The maximum atomic E-state index is 13.2. The van der Waals surface area contributed by atoms with E-state index in [1.54, 1.807) is 13.0 Å². The van der Waals surface area contributed by atoms with Crippen molar-refractivity contribution in [3.05, 3.63) is 35.1 Å². The van der Waals surface area contributed by atoms with E-state index < -0.39 is 0 Å². The zero-order chi connectivity index (χ0) is 11.5. The lowest BCUT2D eigenvalue weighted by Gasteiger charge is -2.31. The van der Waals surface area contributed by atoms with Gasteiger partial charge in [0.2, 0.25) is 0 Å². The van der Waals surface area contributed by atoms with E-state index in [-0.39, 0.29) is 11.9 Å². The van der Waals surface area contributed by atoms with Crippen molar-refractivity contribution in [3.63, 3.8) is 0 Å². The second-order valence-corrected chi connectivity index (χ2v) is 4.67. The molecule has 0 N–H and O–H groups in total. The quantitative estimate of drug-likeness (QED) is 0.716. The van der Waals surface area contributed by atoms with E-state index in [1.165, 1.54) is 6.07 Å². The Morgan fingerprint density at radius 2 is 2.31 bits per heavy atom. The van der Waals surface area contributed by atoms with Crippen molar-refractivity contribution >= 4 is 11.6 Å². The Hall–Kier alpha value is -0.600. The molecule has 0 aromatic heterocycles. The maximum absolute atomic E-state index is 13.2. The number of hydrogen-bond acceptors (Lipinski definition) is 1. The van der Waals surface area contributed by atoms with E-state index in [2.05, 4.69) is 0 Å². The highest BCUT2D eigenvalue weighted by Gasteiger charge is 2.26. The van der Waals surface area contributed by atoms with Gasteiger partial charge in [-0.2, -0.15) is 0 Å². The van der Waals surface area contributed by atoms with Gasteiger partial charge in [-0.1, -0.05) is 12.1 Å². The van der Waals surface area contributed by atoms with Crippen molar-refractivity contribution < 1.29 is 9.13 Å². The average molecular weight is 243 g/mol. The van der Waals surface area contributed by atoms with E-state index >= 15 is 0 Å². The first kappa shape index (κ1) is 11.9. The van der Waals surface area contributed by atoms with Crippen LogP contribution in [0.25, 0.3) is 0 Å². The molecule has 0 bridgehead atoms. The largest absolute Gasteiger partial charge is 0.373 e. The van der Waals surface area contributed by atoms with Crippen LogP contribution in [0.2, 0.25) is 0 Å². The molecule has 2 atom stereocenters. The van der Waals surface area contributed by atoms with Gasteiger partial charge in [0.15, 0.2) is 0 Å². The van der Waals surface area contributed by atoms with Gasteiger partial charge in [-0.25, -0.2) is 4.39 Å². The molecule has 0 radical (unpaired) electrons. The number of aryl methyl sites for hydroxylation is 1. The molecule has 0 amide bonds. The van der Waals surface area contributed by atoms with Gasteiger partial charge in [-0.3, -0.25) is 0 Å². The van der Waals surface area contributed by atoms with Crippen LogP contribution < -0.4 is 0 Å². The highest BCUT2D eigenvalue weighted by Crippen LogP contribution is 2.34. The Kier molecular flexibility index (Phi) is 3.82. The highest BCUT2D eigenvalue weighted by atomic mass is 35.5. The third-order valence-electron chi connectivity index (χ3n) is 3.15. The van der Waals surface area contributed by atoms with E-state index in [9.17, 15) is 4.39 Å². The molecule has 16 heavy (non-hydrogen) atoms. The summed E-state index contributed by atoms with van der Waals surface area (Å²) in [5.74, 6) is 0.781. The maximum Gasteiger partial charge on any atom is 0.126 e. The smallest absolute Gasteiger partial charge is 0.126 e. The standard InChI is InChI=1S/C13H16ClFO/c1-9-7-10(4-5-12(9)15)13-11(8-14)3-2-6-16-13/h4-5,7,11,13H,2-3,6,8H2,1H3. The predicted octanol–water partition coefficient (Wildman–Crippen LogP) is 3.84. The van der Waals surface area contributed by atoms with Crippen LogP contribution in [-0.4, -0.2) is 12.5 Å². The van der Waals surface area contributed by atoms with Crippen LogP contribution in [0.1, 0.15) is 30.1 Å². The molecule has 1 aromatic rings. The summed E-state index contributed by atoms with van der Waals surface area (Å²) in [6, 6.07) is 5.18. The lowest BCUT2D eigenvalue weighted by molar-refractivity contribution is -0.0208. The van der Waals surface area contributed by atoms with Gasteiger partial charge < -0.3 is 4.74 Å². The molecule has 0 saturated carbocycles. The fourth-order valence-corrected chi connectivity index (χ4v) is 2.53. The molecule has 1 aliphatic rings. The number of alkyl halides is 1. The van der Waals surface area contributed by atoms with Gasteiger partial charge in [0, 0.05) is 18.4 Å². The lowest BCUT2D eigenvalue weighted by Crippen LogP contribution is -2.23. The molecule has 1 aliphatic heterocycles. The minimum absolute atomic E-state index is 0.0329. The normalized spacial score (nSPS) is 25.7. The van der Waals surface area contributed by atoms with Crippen molar-refractivity contribution in [2.75, 3.05) is 12.5 Å². The zero-order valence-corrected chi connectivity index (χ0v) is 10.1. The van der Waals surface area contributed by atoms with E-state index in [4.69, 9.17) is 16.3 Å². The molecule has 1 nitrogen and oxygen atoms in total. The molecular formula is C13H16ClFO. The Labute approximate surface area is 101 Å². The monoisotopic (exact) mass is 242 g/mol. The second-order valence-electron chi connectivity index (χ2n) is 4.36. The molecule has 0 aliphatic carbocycles. The summed E-state index contributed by atoms with van der Waals surface area (Å²) in [5, 5.41) is 0. The summed E-state index contributed by atoms with van der Waals surface area (Å²) < 4.78 is 18.9. The minimum Gasteiger partial charge on any atom is -0.373 e. The second kappa shape index (κ2) is 5.15. The first-order valence-electron chi connectivity index (χ1n) is 5.66. The summed E-state index contributed by atoms with van der Waals surface area (Å²) in [5.41, 5.74) is 1.71. The minimum atomic E-state index is -0.165. The Morgan fingerprint density at radius 3 is 3.00 bits per heavy atom. The van der Waals surface area contributed by atoms with Crippen molar-refractivity contribution in [2.45, 2.75) is 25.9 Å². The van der Waals surface area contributed by atoms with Crippen LogP contribution in [0.4, 0.5) is 4.39 Å². The summed E-state index contributed by atoms with van der Waals surface area (Å²) in [7, 11) is 0. The van der Waals surface area contributed by atoms with Gasteiger partial charge >= 0.3 is 0 Å². The SMILES string of the molecule is Cc1cc(C2OCCCC2CCl)ccc1F. The molecule has 1 fully saturated rings. The van der Waals surface area contributed by atoms with E-state index in [0.717, 1.165) is 25.0 Å². The van der Waals surface area contributed by atoms with Crippen molar-refractivity contribution in [1.29, 1.82) is 0 Å². The van der Waals surface area contributed by atoms with Gasteiger partial charge in [-0.15, -0.1) is 11.6 Å². The fourth-order valence-electron chi connectivity index (χ4n) is 2.21. The number of halogens is 2. The van der Waals surface area contributed by atoms with Crippen LogP contribution in [0, 0.1) is 18.7 Å². The van der Waals surface area contributed by atoms with Crippen LogP contribution in [0.15, 0.2) is 18.2 Å². The third kappa shape index (κ3) is 2.38. The molecule has 0 spiro atoms. The predicted molar refractivity (Wildman–Crippen MR) is 63.3 cm³/mol. The summed E-state index contributed by atoms with van der Waals surface area (Å²) >= 11 is 5.94. The fraction of sp³-hybridized carbons (Fsp3) is 0.538. The molecule has 88 valence electrons. The molecule has 1 saturated heterocycles. The van der Waals surface area contributed by atoms with Crippen molar-refractivity contribution in [1.82, 2.24) is 0 Å². The zero-order valence-electron chi connectivity index (χ0n) is 9.38. The topological polar surface area (TPSA) is 9.23 Å². The first-order chi connectivity index (χ1) is 7.72. The molecule has 1 aromatic carbocycles. The number of benzene rings is 1. The molecular weight excluding hydrogens is 227 g/mol. The molecule has 3 heteroatoms. The van der Waals surface area contributed by atoms with Crippen molar-refractivity contribution in [2.24, 2.45) is 5.92 Å². The number of ether oxygens (including phenoxy) is 1.